The van der Waals surface area contributed by atoms with E-state index in [9.17, 15) is 26.8 Å². The Balaban J connectivity index is 0.00000152. The topological polar surface area (TPSA) is 132 Å². The van der Waals surface area contributed by atoms with Crippen LogP contribution in [0.25, 0.3) is 0 Å². The number of hydrogen-bond donors (Lipinski definition) is 2. The standard InChI is InChI=1S/C25H31F2N5O5S.C3H6.C2H6.H2/c1-24(2,15-37-23(26)27)38(35,36)25(9-10-25)14-32-11-8-18-19(30-31(3)20(18)22(32)34)21(33)29-13-17-6-4-16(12-28)5-7-17;1-3-2;1-2;/h4-7,19,23,30H,8-11,13-15H2,1-3H3,(H,29,33);3H,1H2,2H3;1-2H3;1H. The highest BCUT2D eigenvalue weighted by molar-refractivity contribution is 7.94. The number of nitrogens with one attached hydrogen (secondary N) is 2. The minimum atomic E-state index is -3.92. The summed E-state index contributed by atoms with van der Waals surface area (Å²) in [5.74, 6) is -0.693. The number of allylic oxidation sites excluding steroid dienone is 1. The Kier molecular flexibility index (Phi) is 12.4. The molecule has 13 heteroatoms. The summed E-state index contributed by atoms with van der Waals surface area (Å²) >= 11 is 0. The van der Waals surface area contributed by atoms with E-state index >= 15 is 0 Å². The summed E-state index contributed by atoms with van der Waals surface area (Å²) in [6.07, 6.45) is 2.79. The van der Waals surface area contributed by atoms with Crippen LogP contribution < -0.4 is 10.7 Å². The first-order valence-corrected chi connectivity index (χ1v) is 15.7. The average molecular weight is 626 g/mol. The van der Waals surface area contributed by atoms with Gasteiger partial charge < -0.3 is 20.0 Å². The van der Waals surface area contributed by atoms with E-state index in [1.54, 1.807) is 37.4 Å². The lowest BCUT2D eigenvalue weighted by atomic mass is 9.98. The van der Waals surface area contributed by atoms with Crippen LogP contribution in [0.5, 0.6) is 0 Å². The summed E-state index contributed by atoms with van der Waals surface area (Å²) in [6, 6.07) is 8.13. The summed E-state index contributed by atoms with van der Waals surface area (Å²) < 4.78 is 53.6. The van der Waals surface area contributed by atoms with E-state index in [2.05, 4.69) is 22.1 Å². The number of carbonyl (C=O) groups is 2. The number of hydrogen-bond acceptors (Lipinski definition) is 8. The first kappa shape index (κ1) is 35.9. The van der Waals surface area contributed by atoms with Gasteiger partial charge in [-0.05, 0) is 63.3 Å². The van der Waals surface area contributed by atoms with Crippen LogP contribution in [0.1, 0.15) is 66.4 Å². The number of halogens is 2. The van der Waals surface area contributed by atoms with Crippen molar-refractivity contribution in [1.29, 1.82) is 5.26 Å². The molecule has 2 N–H and O–H groups in total. The Bertz CT molecular complexity index is 1340. The van der Waals surface area contributed by atoms with Crippen molar-refractivity contribution in [3.8, 4) is 6.07 Å². The molecule has 0 radical (unpaired) electrons. The number of hydrazine groups is 1. The molecule has 240 valence electrons. The van der Waals surface area contributed by atoms with E-state index in [4.69, 9.17) is 5.26 Å². The van der Waals surface area contributed by atoms with Crippen LogP contribution in [-0.4, -0.2) is 79.0 Å². The van der Waals surface area contributed by atoms with Gasteiger partial charge in [-0.25, -0.2) is 13.8 Å². The molecule has 2 amide bonds. The van der Waals surface area contributed by atoms with Crippen molar-refractivity contribution in [3.63, 3.8) is 0 Å². The van der Waals surface area contributed by atoms with E-state index in [0.29, 0.717) is 36.1 Å². The van der Waals surface area contributed by atoms with E-state index < -0.39 is 38.6 Å². The molecule has 10 nitrogen and oxygen atoms in total. The van der Waals surface area contributed by atoms with Gasteiger partial charge in [0.2, 0.25) is 5.91 Å². The van der Waals surface area contributed by atoms with Crippen molar-refractivity contribution < 1.29 is 33.0 Å². The summed E-state index contributed by atoms with van der Waals surface area (Å²) in [5, 5.41) is 13.3. The first-order chi connectivity index (χ1) is 20.2. The van der Waals surface area contributed by atoms with Gasteiger partial charge in [-0.1, -0.05) is 32.1 Å². The first-order valence-electron chi connectivity index (χ1n) is 14.2. The molecule has 2 aliphatic heterocycles. The van der Waals surface area contributed by atoms with E-state index in [1.165, 1.54) is 23.8 Å². The van der Waals surface area contributed by atoms with Gasteiger partial charge in [-0.15, -0.1) is 6.58 Å². The summed E-state index contributed by atoms with van der Waals surface area (Å²) in [6.45, 7) is 8.68. The second-order valence-electron chi connectivity index (χ2n) is 10.9. The fourth-order valence-corrected chi connectivity index (χ4v) is 7.38. The zero-order valence-corrected chi connectivity index (χ0v) is 26.6. The molecule has 1 unspecified atom stereocenters. The molecule has 2 heterocycles. The van der Waals surface area contributed by atoms with Crippen LogP contribution in [0.15, 0.2) is 48.2 Å². The van der Waals surface area contributed by atoms with E-state index in [1.807, 2.05) is 26.8 Å². The fourth-order valence-electron chi connectivity index (χ4n) is 5.02. The molecule has 1 aromatic rings. The summed E-state index contributed by atoms with van der Waals surface area (Å²) in [4.78, 5) is 27.9. The van der Waals surface area contributed by atoms with Crippen molar-refractivity contribution in [2.45, 2.75) is 82.6 Å². The Morgan fingerprint density at radius 1 is 1.33 bits per heavy atom. The van der Waals surface area contributed by atoms with Gasteiger partial charge in [0.25, 0.3) is 5.91 Å². The minimum Gasteiger partial charge on any atom is -0.350 e. The van der Waals surface area contributed by atoms with Gasteiger partial charge in [-0.2, -0.15) is 14.0 Å². The molecule has 1 saturated carbocycles. The normalized spacial score (nSPS) is 19.0. The van der Waals surface area contributed by atoms with Gasteiger partial charge in [0, 0.05) is 28.1 Å². The molecular weight excluding hydrogens is 580 g/mol. The number of amides is 2. The quantitative estimate of drug-likeness (QED) is 0.374. The SMILES string of the molecule is C=CC.CC.CN1NC(C(=O)NCc2ccc(C#N)cc2)C2=C1C(=O)N(CC1(S(=O)(=O)C(C)(C)COC(F)F)CC1)CC2.[HH]. The number of ether oxygens (including phenoxy) is 1. The van der Waals surface area contributed by atoms with E-state index in [0.717, 1.165) is 5.56 Å². The molecule has 1 aliphatic carbocycles. The molecule has 0 bridgehead atoms. The van der Waals surface area contributed by atoms with Crippen molar-refractivity contribution in [2.75, 3.05) is 26.7 Å². The van der Waals surface area contributed by atoms with Crippen molar-refractivity contribution >= 4 is 21.7 Å². The highest BCUT2D eigenvalue weighted by atomic mass is 32.2. The zero-order chi connectivity index (χ0) is 32.6. The Morgan fingerprint density at radius 2 is 1.91 bits per heavy atom. The summed E-state index contributed by atoms with van der Waals surface area (Å²) in [7, 11) is -2.30. The Labute approximate surface area is 255 Å². The van der Waals surface area contributed by atoms with Crippen molar-refractivity contribution in [2.24, 2.45) is 0 Å². The molecule has 0 aromatic heterocycles. The number of nitrogens with zero attached hydrogens (tertiary/aromatic N) is 3. The molecule has 0 spiro atoms. The molecule has 43 heavy (non-hydrogen) atoms. The largest absolute Gasteiger partial charge is 0.350 e. The number of rotatable bonds is 10. The second kappa shape index (κ2) is 14.9. The maximum Gasteiger partial charge on any atom is 0.345 e. The molecule has 1 fully saturated rings. The number of carbonyl (C=O) groups excluding carboxylic acids is 2. The van der Waals surface area contributed by atoms with Crippen molar-refractivity contribution in [3.05, 3.63) is 59.3 Å². The second-order valence-corrected chi connectivity index (χ2v) is 13.9. The third-order valence-electron chi connectivity index (χ3n) is 7.40. The third-order valence-corrected chi connectivity index (χ3v) is 10.7. The van der Waals surface area contributed by atoms with Crippen LogP contribution >= 0.6 is 0 Å². The lowest BCUT2D eigenvalue weighted by molar-refractivity contribution is -0.133. The highest BCUT2D eigenvalue weighted by Gasteiger charge is 2.61. The van der Waals surface area contributed by atoms with Crippen LogP contribution in [0.3, 0.4) is 0 Å². The van der Waals surface area contributed by atoms with Gasteiger partial charge in [0.1, 0.15) is 11.7 Å². The third kappa shape index (κ3) is 7.99. The number of nitriles is 1. The zero-order valence-electron chi connectivity index (χ0n) is 25.7. The van der Waals surface area contributed by atoms with Gasteiger partial charge in [0.05, 0.1) is 27.7 Å². The van der Waals surface area contributed by atoms with Gasteiger partial charge >= 0.3 is 6.61 Å². The monoisotopic (exact) mass is 625 g/mol. The van der Waals surface area contributed by atoms with Crippen LogP contribution in [0.4, 0.5) is 8.78 Å². The molecule has 1 atom stereocenters. The lowest BCUT2D eigenvalue weighted by Crippen LogP contribution is -2.52. The van der Waals surface area contributed by atoms with Crippen molar-refractivity contribution in [1.82, 2.24) is 20.7 Å². The molecular formula is C30H45F2N5O5S. The van der Waals surface area contributed by atoms with Gasteiger partial charge in [0.15, 0.2) is 9.84 Å². The maximum atomic E-state index is 13.4. The van der Waals surface area contributed by atoms with Crippen LogP contribution in [-0.2, 0) is 30.7 Å². The van der Waals surface area contributed by atoms with E-state index in [-0.39, 0.29) is 32.9 Å². The average Bonchev–Trinajstić information content (AvgIpc) is 3.69. The number of likely N-dealkylation sites (N-methyl/N-ethyl adjacent to an activating group) is 1. The molecule has 4 rings (SSSR count). The van der Waals surface area contributed by atoms with Crippen LogP contribution in [0.2, 0.25) is 0 Å². The number of alkyl halides is 2. The molecule has 1 aromatic carbocycles. The Hall–Kier alpha value is -3.34. The number of benzene rings is 1. The minimum absolute atomic E-state index is 0. The lowest BCUT2D eigenvalue weighted by Gasteiger charge is -2.36. The van der Waals surface area contributed by atoms with Gasteiger partial charge in [-0.3, -0.25) is 9.59 Å². The Morgan fingerprint density at radius 3 is 2.42 bits per heavy atom. The molecule has 0 saturated heterocycles. The number of sulfone groups is 1. The van der Waals surface area contributed by atoms with Crippen LogP contribution in [0, 0.1) is 11.3 Å². The maximum absolute atomic E-state index is 13.4. The summed E-state index contributed by atoms with van der Waals surface area (Å²) in [5.41, 5.74) is 5.29. The highest BCUT2D eigenvalue weighted by Crippen LogP contribution is 2.49. The smallest absolute Gasteiger partial charge is 0.345 e. The molecule has 3 aliphatic rings. The predicted octanol–water partition coefficient (Wildman–Crippen LogP) is 3.91. The predicted molar refractivity (Wildman–Crippen MR) is 162 cm³/mol. The fraction of sp³-hybridized carbons (Fsp3) is 0.567.